The van der Waals surface area contributed by atoms with E-state index < -0.39 is 28.8 Å². The molecule has 0 bridgehead atoms. The summed E-state index contributed by atoms with van der Waals surface area (Å²) in [7, 11) is 0. The van der Waals surface area contributed by atoms with Crippen LogP contribution >= 0.6 is 0 Å². The highest BCUT2D eigenvalue weighted by Gasteiger charge is 2.38. The Balaban J connectivity index is 3.33. The van der Waals surface area contributed by atoms with E-state index in [0.717, 1.165) is 18.2 Å². The van der Waals surface area contributed by atoms with E-state index in [4.69, 9.17) is 5.11 Å². The molecule has 0 amide bonds. The first kappa shape index (κ1) is 10.6. The fourth-order valence-corrected chi connectivity index (χ4v) is 0.982. The SMILES string of the molecule is CC(F)(C(=O)O)c1cccc(F)c1F. The number of aliphatic carboxylic acids is 1. The maximum absolute atomic E-state index is 13.4. The number of alkyl halides is 1. The van der Waals surface area contributed by atoms with Gasteiger partial charge in [-0.25, -0.2) is 18.0 Å². The highest BCUT2D eigenvalue weighted by atomic mass is 19.2. The van der Waals surface area contributed by atoms with Crippen molar-refractivity contribution >= 4 is 5.97 Å². The lowest BCUT2D eigenvalue weighted by atomic mass is 9.97. The highest BCUT2D eigenvalue weighted by molar-refractivity contribution is 5.78. The first-order chi connectivity index (χ1) is 6.37. The van der Waals surface area contributed by atoms with Crippen LogP contribution in [0.25, 0.3) is 0 Å². The van der Waals surface area contributed by atoms with Crippen LogP contribution in [0.2, 0.25) is 0 Å². The van der Waals surface area contributed by atoms with E-state index in [-0.39, 0.29) is 0 Å². The maximum Gasteiger partial charge on any atom is 0.346 e. The summed E-state index contributed by atoms with van der Waals surface area (Å²) < 4.78 is 39.0. The monoisotopic (exact) mass is 204 g/mol. The zero-order valence-corrected chi connectivity index (χ0v) is 7.22. The van der Waals surface area contributed by atoms with Crippen LogP contribution in [0.4, 0.5) is 13.2 Å². The molecule has 1 unspecified atom stereocenters. The number of carbonyl (C=O) groups is 1. The molecular formula is C9H7F3O2. The number of rotatable bonds is 2. The van der Waals surface area contributed by atoms with Crippen LogP contribution < -0.4 is 0 Å². The van der Waals surface area contributed by atoms with Gasteiger partial charge in [-0.1, -0.05) is 12.1 Å². The molecule has 1 atom stereocenters. The molecule has 0 aliphatic rings. The molecule has 0 heterocycles. The van der Waals surface area contributed by atoms with Gasteiger partial charge in [-0.15, -0.1) is 0 Å². The van der Waals surface area contributed by atoms with E-state index in [1.165, 1.54) is 0 Å². The molecule has 1 rings (SSSR count). The fraction of sp³-hybridized carbons (Fsp3) is 0.222. The van der Waals surface area contributed by atoms with Gasteiger partial charge in [-0.3, -0.25) is 0 Å². The van der Waals surface area contributed by atoms with Crippen LogP contribution in [-0.2, 0) is 10.5 Å². The van der Waals surface area contributed by atoms with Crippen LogP contribution in [0.3, 0.4) is 0 Å². The van der Waals surface area contributed by atoms with Gasteiger partial charge in [0.15, 0.2) is 11.6 Å². The average molecular weight is 204 g/mol. The summed E-state index contributed by atoms with van der Waals surface area (Å²) in [6, 6.07) is 2.73. The molecule has 0 aliphatic carbocycles. The molecule has 1 N–H and O–H groups in total. The molecule has 0 radical (unpaired) electrons. The number of hydrogen-bond acceptors (Lipinski definition) is 1. The summed E-state index contributed by atoms with van der Waals surface area (Å²) >= 11 is 0. The number of carboxylic acid groups (broad SMARTS) is 1. The summed E-state index contributed by atoms with van der Waals surface area (Å²) in [6.07, 6.45) is 0. The van der Waals surface area contributed by atoms with Crippen LogP contribution in [0, 0.1) is 11.6 Å². The Kier molecular flexibility index (Phi) is 2.51. The molecule has 1 aromatic carbocycles. The lowest BCUT2D eigenvalue weighted by Crippen LogP contribution is -2.28. The first-order valence-electron chi connectivity index (χ1n) is 3.74. The quantitative estimate of drug-likeness (QED) is 0.802. The minimum absolute atomic E-state index is 0.660. The lowest BCUT2D eigenvalue weighted by Gasteiger charge is -2.15. The van der Waals surface area contributed by atoms with Crippen LogP contribution in [-0.4, -0.2) is 11.1 Å². The minimum atomic E-state index is -2.92. The summed E-state index contributed by atoms with van der Waals surface area (Å²) in [6.45, 7) is 0.660. The van der Waals surface area contributed by atoms with Gasteiger partial charge in [0.05, 0.1) is 0 Å². The third-order valence-electron chi connectivity index (χ3n) is 1.86. The minimum Gasteiger partial charge on any atom is -0.479 e. The largest absolute Gasteiger partial charge is 0.479 e. The molecule has 14 heavy (non-hydrogen) atoms. The predicted octanol–water partition coefficient (Wildman–Crippen LogP) is 2.23. The van der Waals surface area contributed by atoms with E-state index in [1.54, 1.807) is 0 Å². The van der Waals surface area contributed by atoms with Crippen molar-refractivity contribution in [1.29, 1.82) is 0 Å². The molecule has 0 aromatic heterocycles. The second kappa shape index (κ2) is 3.32. The number of halogens is 3. The van der Waals surface area contributed by atoms with Crippen molar-refractivity contribution in [3.05, 3.63) is 35.4 Å². The summed E-state index contributed by atoms with van der Waals surface area (Å²) in [5.41, 5.74) is -3.74. The third-order valence-corrected chi connectivity index (χ3v) is 1.86. The van der Waals surface area contributed by atoms with Crippen molar-refractivity contribution in [3.63, 3.8) is 0 Å². The maximum atomic E-state index is 13.4. The third kappa shape index (κ3) is 1.57. The van der Waals surface area contributed by atoms with E-state index in [2.05, 4.69) is 0 Å². The molecule has 2 nitrogen and oxygen atoms in total. The summed E-state index contributed by atoms with van der Waals surface area (Å²) in [4.78, 5) is 10.4. The normalized spacial score (nSPS) is 14.9. The first-order valence-corrected chi connectivity index (χ1v) is 3.74. The highest BCUT2D eigenvalue weighted by Crippen LogP contribution is 2.28. The van der Waals surface area contributed by atoms with E-state index >= 15 is 0 Å². The fourth-order valence-electron chi connectivity index (χ4n) is 0.982. The molecule has 1 aromatic rings. The topological polar surface area (TPSA) is 37.3 Å². The second-order valence-corrected chi connectivity index (χ2v) is 2.91. The van der Waals surface area contributed by atoms with Crippen molar-refractivity contribution in [2.45, 2.75) is 12.6 Å². The Hall–Kier alpha value is -1.52. The predicted molar refractivity (Wildman–Crippen MR) is 42.5 cm³/mol. The summed E-state index contributed by atoms with van der Waals surface area (Å²) in [5.74, 6) is -4.60. The molecular weight excluding hydrogens is 197 g/mol. The van der Waals surface area contributed by atoms with Crippen molar-refractivity contribution in [3.8, 4) is 0 Å². The molecule has 5 heteroatoms. The van der Waals surface area contributed by atoms with Crippen molar-refractivity contribution in [2.75, 3.05) is 0 Å². The Morgan fingerprint density at radius 3 is 2.50 bits per heavy atom. The smallest absolute Gasteiger partial charge is 0.346 e. The van der Waals surface area contributed by atoms with Crippen LogP contribution in [0.15, 0.2) is 18.2 Å². The lowest BCUT2D eigenvalue weighted by molar-refractivity contribution is -0.150. The van der Waals surface area contributed by atoms with Gasteiger partial charge in [0, 0.05) is 5.56 Å². The van der Waals surface area contributed by atoms with E-state index in [1.807, 2.05) is 0 Å². The van der Waals surface area contributed by atoms with Crippen LogP contribution in [0.1, 0.15) is 12.5 Å². The number of carboxylic acids is 1. The van der Waals surface area contributed by atoms with E-state index in [9.17, 15) is 18.0 Å². The van der Waals surface area contributed by atoms with Gasteiger partial charge < -0.3 is 5.11 Å². The van der Waals surface area contributed by atoms with Gasteiger partial charge >= 0.3 is 5.97 Å². The van der Waals surface area contributed by atoms with Gasteiger partial charge in [0.1, 0.15) is 0 Å². The van der Waals surface area contributed by atoms with E-state index in [0.29, 0.717) is 6.92 Å². The Labute approximate surface area is 78.0 Å². The van der Waals surface area contributed by atoms with Crippen molar-refractivity contribution in [2.24, 2.45) is 0 Å². The number of hydrogen-bond donors (Lipinski definition) is 1. The molecule has 76 valence electrons. The number of benzene rings is 1. The average Bonchev–Trinajstić information content (AvgIpc) is 2.09. The molecule has 0 fully saturated rings. The Bertz CT molecular complexity index is 374. The molecule has 0 spiro atoms. The second-order valence-electron chi connectivity index (χ2n) is 2.91. The van der Waals surface area contributed by atoms with Crippen molar-refractivity contribution < 1.29 is 23.1 Å². The van der Waals surface area contributed by atoms with Gasteiger partial charge in [-0.05, 0) is 13.0 Å². The van der Waals surface area contributed by atoms with Crippen molar-refractivity contribution in [1.82, 2.24) is 0 Å². The standard InChI is InChI=1S/C9H7F3O2/c1-9(12,8(13)14)5-3-2-4-6(10)7(5)11/h2-4H,1H3,(H,13,14). The van der Waals surface area contributed by atoms with Gasteiger partial charge in [-0.2, -0.15) is 0 Å². The molecule has 0 saturated carbocycles. The molecule has 0 saturated heterocycles. The summed E-state index contributed by atoms with van der Waals surface area (Å²) in [5, 5.41) is 8.45. The zero-order chi connectivity index (χ0) is 10.9. The van der Waals surface area contributed by atoms with Gasteiger partial charge in [0.25, 0.3) is 0 Å². The Morgan fingerprint density at radius 1 is 1.43 bits per heavy atom. The Morgan fingerprint density at radius 2 is 2.00 bits per heavy atom. The zero-order valence-electron chi connectivity index (χ0n) is 7.22. The van der Waals surface area contributed by atoms with Crippen LogP contribution in [0.5, 0.6) is 0 Å². The molecule has 0 aliphatic heterocycles. The van der Waals surface area contributed by atoms with Gasteiger partial charge in [0.2, 0.25) is 5.67 Å².